The lowest BCUT2D eigenvalue weighted by atomic mass is 9.99. The summed E-state index contributed by atoms with van der Waals surface area (Å²) in [7, 11) is -3.72. The number of fused-ring (bicyclic) bond motifs is 1. The monoisotopic (exact) mass is 431 g/mol. The number of nitrogens with zero attached hydrogens (tertiary/aromatic N) is 1. The third-order valence-corrected chi connectivity index (χ3v) is 7.84. The first-order chi connectivity index (χ1) is 13.9. The number of piperidine rings is 1. The zero-order valence-corrected chi connectivity index (χ0v) is 17.3. The number of rotatable bonds is 5. The number of amides is 1. The molecule has 7 nitrogen and oxygen atoms in total. The van der Waals surface area contributed by atoms with Crippen LogP contribution in [0, 0.1) is 5.92 Å². The van der Waals surface area contributed by atoms with Crippen molar-refractivity contribution in [2.45, 2.75) is 24.3 Å². The van der Waals surface area contributed by atoms with Crippen molar-refractivity contribution in [1.29, 1.82) is 0 Å². The lowest BCUT2D eigenvalue weighted by molar-refractivity contribution is -0.126. The van der Waals surface area contributed by atoms with Gasteiger partial charge in [0.1, 0.15) is 0 Å². The Bertz CT molecular complexity index is 1190. The molecular formula is C20H21N3O4S2. The third-order valence-electron chi connectivity index (χ3n) is 5.10. The maximum Gasteiger partial charge on any atom is 0.248 e. The Morgan fingerprint density at radius 2 is 2.10 bits per heavy atom. The number of hydrogen-bond acceptors (Lipinski definition) is 5. The lowest BCUT2D eigenvalue weighted by Crippen LogP contribution is -2.45. The minimum Gasteiger partial charge on any atom is -0.351 e. The van der Waals surface area contributed by atoms with Gasteiger partial charge in [-0.1, -0.05) is 6.07 Å². The number of benzene rings is 1. The molecule has 0 bridgehead atoms. The van der Waals surface area contributed by atoms with E-state index in [0.717, 1.165) is 4.88 Å². The summed E-state index contributed by atoms with van der Waals surface area (Å²) < 4.78 is 27.7. The third kappa shape index (κ3) is 4.26. The molecular weight excluding hydrogens is 410 g/mol. The Balaban J connectivity index is 1.50. The summed E-state index contributed by atoms with van der Waals surface area (Å²) >= 11 is 1.57. The van der Waals surface area contributed by atoms with Gasteiger partial charge in [0.05, 0.1) is 17.4 Å². The van der Waals surface area contributed by atoms with Crippen molar-refractivity contribution in [1.82, 2.24) is 14.6 Å². The van der Waals surface area contributed by atoms with Gasteiger partial charge in [-0.3, -0.25) is 9.59 Å². The molecule has 0 spiro atoms. The van der Waals surface area contributed by atoms with Crippen LogP contribution in [-0.4, -0.2) is 36.7 Å². The molecule has 4 rings (SSSR count). The molecule has 9 heteroatoms. The maximum absolute atomic E-state index is 13.1. The van der Waals surface area contributed by atoms with E-state index in [2.05, 4.69) is 10.3 Å². The number of hydrogen-bond donors (Lipinski definition) is 2. The van der Waals surface area contributed by atoms with Crippen LogP contribution in [0.3, 0.4) is 0 Å². The molecule has 29 heavy (non-hydrogen) atoms. The number of aromatic nitrogens is 1. The second-order valence-corrected chi connectivity index (χ2v) is 10.0. The number of carbonyl (C=O) groups excluding carboxylic acids is 1. The number of carbonyl (C=O) groups is 1. The fraction of sp³-hybridized carbons (Fsp3) is 0.300. The molecule has 3 aromatic rings. The summed E-state index contributed by atoms with van der Waals surface area (Å²) in [5.74, 6) is -0.482. The van der Waals surface area contributed by atoms with Crippen LogP contribution in [-0.2, 0) is 21.4 Å². The quantitative estimate of drug-likeness (QED) is 0.648. The van der Waals surface area contributed by atoms with Crippen molar-refractivity contribution in [3.63, 3.8) is 0 Å². The Morgan fingerprint density at radius 1 is 1.24 bits per heavy atom. The molecule has 0 radical (unpaired) electrons. The van der Waals surface area contributed by atoms with Crippen molar-refractivity contribution >= 4 is 38.2 Å². The Hall–Kier alpha value is -2.49. The van der Waals surface area contributed by atoms with Gasteiger partial charge in [0.2, 0.25) is 21.5 Å². The van der Waals surface area contributed by atoms with Crippen LogP contribution in [0.1, 0.15) is 17.7 Å². The van der Waals surface area contributed by atoms with Crippen molar-refractivity contribution in [3.8, 4) is 0 Å². The van der Waals surface area contributed by atoms with Gasteiger partial charge in [0, 0.05) is 29.5 Å². The molecule has 3 heterocycles. The molecule has 1 aliphatic heterocycles. The van der Waals surface area contributed by atoms with Gasteiger partial charge in [0.15, 0.2) is 0 Å². The van der Waals surface area contributed by atoms with E-state index in [9.17, 15) is 18.0 Å². The minimum absolute atomic E-state index is 0.116. The number of aromatic amines is 1. The van der Waals surface area contributed by atoms with Crippen molar-refractivity contribution < 1.29 is 13.2 Å². The van der Waals surface area contributed by atoms with E-state index in [1.165, 1.54) is 16.4 Å². The van der Waals surface area contributed by atoms with Gasteiger partial charge in [-0.2, -0.15) is 4.31 Å². The van der Waals surface area contributed by atoms with Crippen LogP contribution in [0.4, 0.5) is 0 Å². The summed E-state index contributed by atoms with van der Waals surface area (Å²) in [5.41, 5.74) is 0.349. The van der Waals surface area contributed by atoms with Crippen LogP contribution < -0.4 is 10.9 Å². The first-order valence-electron chi connectivity index (χ1n) is 9.37. The first kappa shape index (κ1) is 19.8. The van der Waals surface area contributed by atoms with E-state index in [4.69, 9.17) is 0 Å². The molecule has 1 amide bonds. The predicted octanol–water partition coefficient (Wildman–Crippen LogP) is 2.31. The molecule has 0 saturated carbocycles. The minimum atomic E-state index is -3.72. The molecule has 1 saturated heterocycles. The molecule has 152 valence electrons. The Kier molecular flexibility index (Phi) is 5.53. The van der Waals surface area contributed by atoms with E-state index in [-0.39, 0.29) is 28.8 Å². The summed E-state index contributed by atoms with van der Waals surface area (Å²) in [4.78, 5) is 27.9. The maximum atomic E-state index is 13.1. The predicted molar refractivity (Wildman–Crippen MR) is 112 cm³/mol. The first-order valence-corrected chi connectivity index (χ1v) is 11.7. The number of thiophene rings is 1. The smallest absolute Gasteiger partial charge is 0.248 e. The Morgan fingerprint density at radius 3 is 2.90 bits per heavy atom. The number of H-pyrrole nitrogens is 1. The molecule has 1 aromatic carbocycles. The highest BCUT2D eigenvalue weighted by atomic mass is 32.2. The van der Waals surface area contributed by atoms with E-state index in [1.807, 2.05) is 17.5 Å². The topological polar surface area (TPSA) is 99.3 Å². The molecule has 0 aliphatic carbocycles. The molecule has 1 atom stereocenters. The van der Waals surface area contributed by atoms with Crippen molar-refractivity contribution in [3.05, 3.63) is 63.1 Å². The Labute approximate surface area is 172 Å². The fourth-order valence-corrected chi connectivity index (χ4v) is 5.75. The summed E-state index contributed by atoms with van der Waals surface area (Å²) in [6.07, 6.45) is 1.30. The normalized spacial score (nSPS) is 18.0. The van der Waals surface area contributed by atoms with Crippen molar-refractivity contribution in [2.75, 3.05) is 13.1 Å². The fourth-order valence-electron chi connectivity index (χ4n) is 3.55. The molecule has 1 fully saturated rings. The van der Waals surface area contributed by atoms with Crippen LogP contribution in [0.15, 0.2) is 57.5 Å². The van der Waals surface area contributed by atoms with E-state index < -0.39 is 10.0 Å². The molecule has 2 aromatic heterocycles. The van der Waals surface area contributed by atoms with Gasteiger partial charge in [-0.15, -0.1) is 11.3 Å². The van der Waals surface area contributed by atoms with Gasteiger partial charge >= 0.3 is 0 Å². The van der Waals surface area contributed by atoms with Gasteiger partial charge < -0.3 is 10.3 Å². The largest absolute Gasteiger partial charge is 0.351 e. The zero-order chi connectivity index (χ0) is 20.4. The summed E-state index contributed by atoms with van der Waals surface area (Å²) in [6.45, 7) is 1.02. The van der Waals surface area contributed by atoms with Crippen LogP contribution in [0.5, 0.6) is 0 Å². The van der Waals surface area contributed by atoms with Gasteiger partial charge in [-0.05, 0) is 53.9 Å². The zero-order valence-electron chi connectivity index (χ0n) is 15.6. The van der Waals surface area contributed by atoms with E-state index >= 15 is 0 Å². The summed E-state index contributed by atoms with van der Waals surface area (Å²) in [6, 6.07) is 11.5. The number of pyridine rings is 1. The van der Waals surface area contributed by atoms with E-state index in [1.54, 1.807) is 29.5 Å². The molecule has 1 aliphatic rings. The standard InChI is InChI=1S/C20H21N3O4S2/c24-19-8-5-14-11-17(6-7-18(14)22-19)29(26,27)23-9-1-3-15(13-23)20(25)21-12-16-4-2-10-28-16/h2,4-8,10-11,15H,1,3,9,12-13H2,(H,21,25)(H,22,24)/t15-/m0/s1. The van der Waals surface area contributed by atoms with E-state index in [0.29, 0.717) is 36.8 Å². The highest BCUT2D eigenvalue weighted by molar-refractivity contribution is 7.89. The average molecular weight is 432 g/mol. The lowest BCUT2D eigenvalue weighted by Gasteiger charge is -2.31. The average Bonchev–Trinajstić information content (AvgIpc) is 3.25. The van der Waals surface area contributed by atoms with Crippen LogP contribution in [0.2, 0.25) is 0 Å². The van der Waals surface area contributed by atoms with Gasteiger partial charge in [0.25, 0.3) is 0 Å². The molecule has 2 N–H and O–H groups in total. The highest BCUT2D eigenvalue weighted by Crippen LogP contribution is 2.26. The second-order valence-electron chi connectivity index (χ2n) is 7.07. The van der Waals surface area contributed by atoms with Crippen molar-refractivity contribution in [2.24, 2.45) is 5.92 Å². The van der Waals surface area contributed by atoms with Crippen LogP contribution >= 0.6 is 11.3 Å². The SMILES string of the molecule is O=C(NCc1cccs1)[C@H]1CCCN(S(=O)(=O)c2ccc3[nH]c(=O)ccc3c2)C1. The highest BCUT2D eigenvalue weighted by Gasteiger charge is 2.33. The van der Waals surface area contributed by atoms with Gasteiger partial charge in [-0.25, -0.2) is 8.42 Å². The summed E-state index contributed by atoms with van der Waals surface area (Å²) in [5, 5.41) is 5.51. The second kappa shape index (κ2) is 8.10. The number of nitrogens with one attached hydrogen (secondary N) is 2. The molecule has 0 unspecified atom stereocenters. The van der Waals surface area contributed by atoms with Crippen LogP contribution in [0.25, 0.3) is 10.9 Å². The number of sulfonamides is 1.